The van der Waals surface area contributed by atoms with Crippen LogP contribution < -0.4 is 19.5 Å². The van der Waals surface area contributed by atoms with Crippen LogP contribution in [0.5, 0.6) is 17.2 Å². The Morgan fingerprint density at radius 2 is 2.00 bits per heavy atom. The van der Waals surface area contributed by atoms with E-state index in [0.29, 0.717) is 23.8 Å². The molecule has 1 heterocycles. The molecule has 0 saturated heterocycles. The van der Waals surface area contributed by atoms with Crippen molar-refractivity contribution in [2.24, 2.45) is 0 Å². The van der Waals surface area contributed by atoms with Crippen LogP contribution in [0.4, 0.5) is 0 Å². The first-order valence-corrected chi connectivity index (χ1v) is 8.99. The van der Waals surface area contributed by atoms with E-state index >= 15 is 0 Å². The molecule has 1 aliphatic heterocycles. The highest BCUT2D eigenvalue weighted by atomic mass is 32.2. The minimum Gasteiger partial charge on any atom is -0.492 e. The molecule has 1 aromatic carbocycles. The van der Waals surface area contributed by atoms with Gasteiger partial charge in [0.15, 0.2) is 21.3 Å². The van der Waals surface area contributed by atoms with Crippen molar-refractivity contribution in [1.29, 1.82) is 0 Å². The van der Waals surface area contributed by atoms with E-state index in [2.05, 4.69) is 12.2 Å². The fraction of sp³-hybridized carbons (Fsp3) is 0.571. The summed E-state index contributed by atoms with van der Waals surface area (Å²) in [5.41, 5.74) is 0.932. The number of fused-ring (bicyclic) bond motifs is 1. The van der Waals surface area contributed by atoms with Crippen LogP contribution in [0.15, 0.2) is 12.1 Å². The Kier molecular flexibility index (Phi) is 5.30. The van der Waals surface area contributed by atoms with E-state index in [9.17, 15) is 8.42 Å². The Morgan fingerprint density at radius 1 is 1.29 bits per heavy atom. The molecule has 1 aromatic rings. The Labute approximate surface area is 125 Å². The first-order chi connectivity index (χ1) is 9.99. The van der Waals surface area contributed by atoms with Gasteiger partial charge in [0.1, 0.15) is 12.4 Å². The smallest absolute Gasteiger partial charge is 0.231 e. The zero-order valence-electron chi connectivity index (χ0n) is 12.3. The molecule has 0 spiro atoms. The topological polar surface area (TPSA) is 73.9 Å². The lowest BCUT2D eigenvalue weighted by Gasteiger charge is -2.13. The highest BCUT2D eigenvalue weighted by Crippen LogP contribution is 2.38. The molecule has 0 unspecified atom stereocenters. The largest absolute Gasteiger partial charge is 0.492 e. The van der Waals surface area contributed by atoms with Crippen molar-refractivity contribution in [2.75, 3.05) is 32.0 Å². The van der Waals surface area contributed by atoms with E-state index in [-0.39, 0.29) is 19.2 Å². The van der Waals surface area contributed by atoms with Gasteiger partial charge in [0.05, 0.1) is 5.75 Å². The minimum absolute atomic E-state index is 0.0106. The molecule has 1 aliphatic rings. The maximum absolute atomic E-state index is 11.2. The fourth-order valence-corrected chi connectivity index (χ4v) is 2.33. The van der Waals surface area contributed by atoms with Gasteiger partial charge in [-0.3, -0.25) is 0 Å². The van der Waals surface area contributed by atoms with E-state index in [0.717, 1.165) is 18.5 Å². The van der Waals surface area contributed by atoms with Gasteiger partial charge in [-0.25, -0.2) is 8.42 Å². The van der Waals surface area contributed by atoms with Crippen molar-refractivity contribution < 1.29 is 22.6 Å². The van der Waals surface area contributed by atoms with Crippen LogP contribution in [0.3, 0.4) is 0 Å². The normalized spacial score (nSPS) is 13.4. The first-order valence-electron chi connectivity index (χ1n) is 6.93. The summed E-state index contributed by atoms with van der Waals surface area (Å²) in [5.74, 6) is 1.94. The van der Waals surface area contributed by atoms with Gasteiger partial charge in [-0.1, -0.05) is 6.92 Å². The number of nitrogens with one attached hydrogen (secondary N) is 1. The van der Waals surface area contributed by atoms with Crippen LogP contribution >= 0.6 is 0 Å². The summed E-state index contributed by atoms with van der Waals surface area (Å²) >= 11 is 0. The molecular formula is C14H21NO5S. The molecule has 2 rings (SSSR count). The molecule has 118 valence electrons. The molecule has 0 aliphatic carbocycles. The van der Waals surface area contributed by atoms with Crippen LogP contribution in [0, 0.1) is 0 Å². The SMILES string of the molecule is CCCNCc1cc2c(cc1OCCS(C)(=O)=O)OCO2. The summed E-state index contributed by atoms with van der Waals surface area (Å²) in [6.45, 7) is 3.95. The summed E-state index contributed by atoms with van der Waals surface area (Å²) in [4.78, 5) is 0. The van der Waals surface area contributed by atoms with Gasteiger partial charge in [-0.15, -0.1) is 0 Å². The lowest BCUT2D eigenvalue weighted by Crippen LogP contribution is -2.16. The van der Waals surface area contributed by atoms with Crippen molar-refractivity contribution in [3.63, 3.8) is 0 Å². The molecule has 6 nitrogen and oxygen atoms in total. The maximum atomic E-state index is 11.2. The molecule has 0 fully saturated rings. The number of hydrogen-bond acceptors (Lipinski definition) is 6. The molecule has 21 heavy (non-hydrogen) atoms. The van der Waals surface area contributed by atoms with Gasteiger partial charge in [0, 0.05) is 24.4 Å². The molecule has 0 amide bonds. The Bertz CT molecular complexity index is 585. The number of rotatable bonds is 8. The van der Waals surface area contributed by atoms with E-state index in [1.165, 1.54) is 6.26 Å². The number of benzene rings is 1. The zero-order chi connectivity index (χ0) is 15.3. The Balaban J connectivity index is 2.09. The molecular weight excluding hydrogens is 294 g/mol. The zero-order valence-corrected chi connectivity index (χ0v) is 13.2. The van der Waals surface area contributed by atoms with Gasteiger partial charge in [-0.05, 0) is 19.0 Å². The van der Waals surface area contributed by atoms with Gasteiger partial charge in [0.25, 0.3) is 0 Å². The van der Waals surface area contributed by atoms with Gasteiger partial charge >= 0.3 is 0 Å². The highest BCUT2D eigenvalue weighted by molar-refractivity contribution is 7.90. The average Bonchev–Trinajstić information content (AvgIpc) is 2.84. The third kappa shape index (κ3) is 4.78. The standard InChI is InChI=1S/C14H21NO5S/c1-3-4-15-9-11-7-13-14(20-10-19-13)8-12(11)18-5-6-21(2,16)17/h7-8,15H,3-6,9-10H2,1-2H3. The van der Waals surface area contributed by atoms with Crippen molar-refractivity contribution in [1.82, 2.24) is 5.32 Å². The average molecular weight is 315 g/mol. The molecule has 0 bridgehead atoms. The highest BCUT2D eigenvalue weighted by Gasteiger charge is 2.18. The van der Waals surface area contributed by atoms with E-state index < -0.39 is 9.84 Å². The van der Waals surface area contributed by atoms with Gasteiger partial charge in [0.2, 0.25) is 6.79 Å². The van der Waals surface area contributed by atoms with E-state index in [4.69, 9.17) is 14.2 Å². The summed E-state index contributed by atoms with van der Waals surface area (Å²) in [6.07, 6.45) is 2.23. The first kappa shape index (κ1) is 15.9. The number of ether oxygens (including phenoxy) is 3. The Morgan fingerprint density at radius 3 is 2.67 bits per heavy atom. The molecule has 1 N–H and O–H groups in total. The van der Waals surface area contributed by atoms with Gasteiger partial charge < -0.3 is 19.5 Å². The molecule has 0 aromatic heterocycles. The second-order valence-corrected chi connectivity index (χ2v) is 7.23. The summed E-state index contributed by atoms with van der Waals surface area (Å²) in [6, 6.07) is 3.63. The van der Waals surface area contributed by atoms with E-state index in [1.807, 2.05) is 6.07 Å². The van der Waals surface area contributed by atoms with E-state index in [1.54, 1.807) is 6.07 Å². The summed E-state index contributed by atoms with van der Waals surface area (Å²) < 4.78 is 38.6. The van der Waals surface area contributed by atoms with Crippen LogP contribution in [-0.2, 0) is 16.4 Å². The second kappa shape index (κ2) is 7.00. The predicted molar refractivity (Wildman–Crippen MR) is 79.8 cm³/mol. The van der Waals surface area contributed by atoms with Crippen molar-refractivity contribution in [3.05, 3.63) is 17.7 Å². The van der Waals surface area contributed by atoms with Gasteiger partial charge in [-0.2, -0.15) is 0 Å². The van der Waals surface area contributed by atoms with Crippen molar-refractivity contribution >= 4 is 9.84 Å². The molecule has 0 radical (unpaired) electrons. The quantitative estimate of drug-likeness (QED) is 0.730. The molecule has 7 heteroatoms. The van der Waals surface area contributed by atoms with Crippen LogP contribution in [0.2, 0.25) is 0 Å². The third-order valence-electron chi connectivity index (χ3n) is 3.01. The second-order valence-electron chi connectivity index (χ2n) is 4.97. The lowest BCUT2D eigenvalue weighted by atomic mass is 10.1. The molecule has 0 saturated carbocycles. The fourth-order valence-electron chi connectivity index (χ4n) is 1.94. The summed E-state index contributed by atoms with van der Waals surface area (Å²) in [5, 5.41) is 3.29. The number of hydrogen-bond donors (Lipinski definition) is 1. The minimum atomic E-state index is -3.04. The number of sulfone groups is 1. The third-order valence-corrected chi connectivity index (χ3v) is 3.92. The Hall–Kier alpha value is -1.47. The van der Waals surface area contributed by atoms with Crippen LogP contribution in [0.25, 0.3) is 0 Å². The van der Waals surface area contributed by atoms with Crippen molar-refractivity contribution in [2.45, 2.75) is 19.9 Å². The molecule has 0 atom stereocenters. The maximum Gasteiger partial charge on any atom is 0.231 e. The van der Waals surface area contributed by atoms with Crippen LogP contribution in [0.1, 0.15) is 18.9 Å². The monoisotopic (exact) mass is 315 g/mol. The van der Waals surface area contributed by atoms with Crippen LogP contribution in [-0.4, -0.2) is 40.4 Å². The lowest BCUT2D eigenvalue weighted by molar-refractivity contribution is 0.173. The summed E-state index contributed by atoms with van der Waals surface area (Å²) in [7, 11) is -3.04. The predicted octanol–water partition coefficient (Wildman–Crippen LogP) is 1.34. The van der Waals surface area contributed by atoms with Crippen molar-refractivity contribution in [3.8, 4) is 17.2 Å².